The Morgan fingerprint density at radius 1 is 0.875 bits per heavy atom. The second-order valence-electron chi connectivity index (χ2n) is 9.30. The Bertz CT molecular complexity index is 1090. The zero-order valence-electron chi connectivity index (χ0n) is 23.4. The highest BCUT2D eigenvalue weighted by Gasteiger charge is 2.46. The number of ether oxygens (including phenoxy) is 3. The number of hydrogen-bond donors (Lipinski definition) is 0. The van der Waals surface area contributed by atoms with E-state index in [0.29, 0.717) is 36.7 Å². The molecule has 0 fully saturated rings. The predicted molar refractivity (Wildman–Crippen MR) is 162 cm³/mol. The molecule has 0 heterocycles. The summed E-state index contributed by atoms with van der Waals surface area (Å²) in [5, 5.41) is -2.54. The van der Waals surface area contributed by atoms with E-state index in [9.17, 15) is 22.7 Å². The van der Waals surface area contributed by atoms with Crippen molar-refractivity contribution in [1.29, 1.82) is 0 Å². The molecule has 222 valence electrons. The number of benzene rings is 2. The van der Waals surface area contributed by atoms with Crippen molar-refractivity contribution in [3.05, 3.63) is 66.2 Å². The first kappa shape index (κ1) is 34.8. The topological polar surface area (TPSA) is 119 Å². The summed E-state index contributed by atoms with van der Waals surface area (Å²) in [5.41, 5.74) is 0.786. The van der Waals surface area contributed by atoms with Crippen molar-refractivity contribution < 1.29 is 36.9 Å². The van der Waals surface area contributed by atoms with Crippen molar-refractivity contribution >= 4 is 44.4 Å². The Morgan fingerprint density at radius 3 is 2.00 bits per heavy atom. The molecular weight excluding hydrogens is 590 g/mol. The lowest BCUT2D eigenvalue weighted by Gasteiger charge is -2.31. The monoisotopic (exact) mass is 631 g/mol. The molecule has 0 N–H and O–H groups in total. The maximum Gasteiger partial charge on any atom is 0.489 e. The summed E-state index contributed by atoms with van der Waals surface area (Å²) in [6.07, 6.45) is 2.73. The number of carbonyl (C=O) groups excluding carboxylic acids is 1. The summed E-state index contributed by atoms with van der Waals surface area (Å²) in [6.45, 7) is 5.53. The molecule has 0 aliphatic heterocycles. The van der Waals surface area contributed by atoms with Crippen LogP contribution in [0.3, 0.4) is 0 Å². The summed E-state index contributed by atoms with van der Waals surface area (Å²) in [5.74, 6) is -1.09. The van der Waals surface area contributed by atoms with Crippen LogP contribution in [-0.2, 0) is 61.8 Å². The molecule has 0 aromatic heterocycles. The lowest BCUT2D eigenvalue weighted by atomic mass is 10.2. The number of unbranched alkanes of at least 4 members (excludes halogenated alkanes) is 1. The van der Waals surface area contributed by atoms with Gasteiger partial charge in [0.15, 0.2) is 4.90 Å². The fourth-order valence-electron chi connectivity index (χ4n) is 4.40. The van der Waals surface area contributed by atoms with Crippen LogP contribution in [0.5, 0.6) is 0 Å². The Kier molecular flexibility index (Phi) is 15.9. The number of carbonyl (C=O) groups is 1. The second-order valence-corrected chi connectivity index (χ2v) is 15.6. The molecule has 0 saturated carbocycles. The van der Waals surface area contributed by atoms with Gasteiger partial charge in [-0.1, -0.05) is 69.3 Å². The van der Waals surface area contributed by atoms with Crippen LogP contribution in [0.25, 0.3) is 0 Å². The molecule has 0 spiro atoms. The molecule has 2 rings (SSSR count). The van der Waals surface area contributed by atoms with Crippen LogP contribution >= 0.6 is 15.6 Å². The molecule has 12 heteroatoms. The van der Waals surface area contributed by atoms with E-state index < -0.39 is 43.4 Å². The van der Waals surface area contributed by atoms with Crippen LogP contribution in [0.4, 0.5) is 0 Å². The maximum absolute atomic E-state index is 13.4. The van der Waals surface area contributed by atoms with Crippen LogP contribution in [0.1, 0.15) is 58.4 Å². The van der Waals surface area contributed by atoms with Crippen molar-refractivity contribution in [2.24, 2.45) is 0 Å². The molecule has 40 heavy (non-hydrogen) atoms. The Morgan fingerprint density at radius 2 is 1.45 bits per heavy atom. The van der Waals surface area contributed by atoms with Gasteiger partial charge in [0.1, 0.15) is 27.6 Å². The number of rotatable bonds is 20. The predicted octanol–water partition coefficient (Wildman–Crippen LogP) is 6.44. The smallest absolute Gasteiger partial charge is 0.489 e. The standard InChI is InChI=1S/C28H41O8P2S2/c1-4-27(5-2,36-23-40(33)25-17-11-8-12-18-25)37(30)19-13-14-20-38(31)28(6-3,35-22-39-32)26(29)34-21-24-15-9-7-10-16-24/h7-12,15-18,37-38H,4-6,13-14,19-23H2,1-3H3/q+1/t28?,40-/m1/s1. The summed E-state index contributed by atoms with van der Waals surface area (Å²) < 4.78 is 67.7. The molecule has 0 radical (unpaired) electrons. The van der Waals surface area contributed by atoms with E-state index in [2.05, 4.69) is 0 Å². The molecule has 0 aliphatic carbocycles. The normalized spacial score (nSPS) is 15.5. The third kappa shape index (κ3) is 9.87. The van der Waals surface area contributed by atoms with E-state index in [-0.39, 0.29) is 42.7 Å². The SMILES string of the molecule is CCC(CC)(OC[S@@+]([O-])c1ccccc1)[PH](=O)CCCC[PH](=O)C(CC)(OC[S+]=O)C(=O)OCc1ccccc1. The summed E-state index contributed by atoms with van der Waals surface area (Å²) in [7, 11) is -4.91. The van der Waals surface area contributed by atoms with Gasteiger partial charge in [0.2, 0.25) is 11.3 Å². The van der Waals surface area contributed by atoms with Crippen molar-refractivity contribution in [3.63, 3.8) is 0 Å². The van der Waals surface area contributed by atoms with Crippen molar-refractivity contribution in [1.82, 2.24) is 0 Å². The van der Waals surface area contributed by atoms with Crippen LogP contribution in [0.15, 0.2) is 65.6 Å². The van der Waals surface area contributed by atoms with E-state index in [1.807, 2.05) is 62.4 Å². The molecule has 0 aliphatic rings. The summed E-state index contributed by atoms with van der Waals surface area (Å²) in [6, 6.07) is 18.2. The number of hydrogen-bond acceptors (Lipinski definition) is 8. The summed E-state index contributed by atoms with van der Waals surface area (Å²) in [4.78, 5) is 13.7. The zero-order chi connectivity index (χ0) is 29.4. The Hall–Kier alpha value is -1.38. The molecule has 3 unspecified atom stereocenters. The largest absolute Gasteiger partial charge is 0.610 e. The first-order valence-electron chi connectivity index (χ1n) is 13.5. The van der Waals surface area contributed by atoms with Gasteiger partial charge in [0.25, 0.3) is 0 Å². The van der Waals surface area contributed by atoms with Gasteiger partial charge in [-0.15, -0.1) is 0 Å². The zero-order valence-corrected chi connectivity index (χ0v) is 27.1. The fourth-order valence-corrected chi connectivity index (χ4v) is 9.74. The second kappa shape index (κ2) is 18.2. The van der Waals surface area contributed by atoms with E-state index >= 15 is 0 Å². The fraction of sp³-hybridized carbons (Fsp3) is 0.536. The lowest BCUT2D eigenvalue weighted by Crippen LogP contribution is -2.40. The lowest BCUT2D eigenvalue weighted by molar-refractivity contribution is -0.161. The van der Waals surface area contributed by atoms with Gasteiger partial charge in [0, 0.05) is 27.7 Å². The van der Waals surface area contributed by atoms with Gasteiger partial charge in [-0.2, -0.15) is 0 Å². The van der Waals surface area contributed by atoms with Gasteiger partial charge in [0.05, 0.1) is 0 Å². The quantitative estimate of drug-likeness (QED) is 0.0539. The average Bonchev–Trinajstić information content (AvgIpc) is 3.00. The van der Waals surface area contributed by atoms with Crippen molar-refractivity contribution in [3.8, 4) is 0 Å². The van der Waals surface area contributed by atoms with Crippen molar-refractivity contribution in [2.45, 2.75) is 75.1 Å². The van der Waals surface area contributed by atoms with Gasteiger partial charge >= 0.3 is 23.6 Å². The van der Waals surface area contributed by atoms with Gasteiger partial charge in [-0.05, 0) is 49.8 Å². The summed E-state index contributed by atoms with van der Waals surface area (Å²) >= 11 is -1.20. The molecule has 0 bridgehead atoms. The highest BCUT2D eigenvalue weighted by Crippen LogP contribution is 2.48. The third-order valence-electron chi connectivity index (χ3n) is 7.00. The van der Waals surface area contributed by atoms with Crippen LogP contribution in [-0.4, -0.2) is 45.4 Å². The minimum atomic E-state index is -2.67. The van der Waals surface area contributed by atoms with E-state index in [0.717, 1.165) is 5.56 Å². The maximum atomic E-state index is 13.4. The molecule has 2 aromatic rings. The van der Waals surface area contributed by atoms with E-state index in [1.54, 1.807) is 19.1 Å². The van der Waals surface area contributed by atoms with Crippen molar-refractivity contribution in [2.75, 3.05) is 24.2 Å². The molecule has 8 nitrogen and oxygen atoms in total. The minimum Gasteiger partial charge on any atom is -0.610 e. The molecule has 4 atom stereocenters. The molecule has 2 aromatic carbocycles. The van der Waals surface area contributed by atoms with E-state index in [1.165, 1.54) is 0 Å². The van der Waals surface area contributed by atoms with Crippen LogP contribution < -0.4 is 0 Å². The van der Waals surface area contributed by atoms with Crippen LogP contribution in [0, 0.1) is 0 Å². The first-order chi connectivity index (χ1) is 19.3. The van der Waals surface area contributed by atoms with Gasteiger partial charge < -0.3 is 23.2 Å². The first-order valence-corrected chi connectivity index (χ1v) is 19.0. The highest BCUT2D eigenvalue weighted by atomic mass is 32.2. The van der Waals surface area contributed by atoms with Crippen LogP contribution in [0.2, 0.25) is 0 Å². The number of esters is 1. The molecule has 0 saturated heterocycles. The Balaban J connectivity index is 1.96. The van der Waals surface area contributed by atoms with Gasteiger partial charge in [-0.25, -0.2) is 4.79 Å². The average molecular weight is 632 g/mol. The Labute approximate surface area is 246 Å². The van der Waals surface area contributed by atoms with Gasteiger partial charge in [-0.3, -0.25) is 4.74 Å². The highest BCUT2D eigenvalue weighted by molar-refractivity contribution is 7.91. The van der Waals surface area contributed by atoms with E-state index in [4.69, 9.17) is 14.2 Å². The molecule has 0 amide bonds. The molecular formula is C28H41O8P2S2+. The minimum absolute atomic E-state index is 0.0115. The third-order valence-corrected chi connectivity index (χ3v) is 13.4.